The van der Waals surface area contributed by atoms with Crippen molar-refractivity contribution in [2.24, 2.45) is 5.92 Å². The third kappa shape index (κ3) is 4.13. The van der Waals surface area contributed by atoms with Crippen LogP contribution in [0.2, 0.25) is 0 Å². The van der Waals surface area contributed by atoms with Gasteiger partial charge in [-0.15, -0.1) is 0 Å². The van der Waals surface area contributed by atoms with Gasteiger partial charge in [-0.1, -0.05) is 24.3 Å². The van der Waals surface area contributed by atoms with E-state index < -0.39 is 0 Å². The van der Waals surface area contributed by atoms with Crippen molar-refractivity contribution >= 4 is 16.8 Å². The molecule has 2 aromatic carbocycles. The van der Waals surface area contributed by atoms with E-state index in [-0.39, 0.29) is 17.5 Å². The number of amides is 1. The first-order valence-corrected chi connectivity index (χ1v) is 11.8. The maximum absolute atomic E-state index is 13.7. The molecule has 0 radical (unpaired) electrons. The lowest BCUT2D eigenvalue weighted by molar-refractivity contribution is -0.134. The predicted molar refractivity (Wildman–Crippen MR) is 128 cm³/mol. The van der Waals surface area contributed by atoms with Crippen molar-refractivity contribution in [3.8, 4) is 11.4 Å². The molecule has 2 heterocycles. The second-order valence-electron chi connectivity index (χ2n) is 8.84. The van der Waals surface area contributed by atoms with Crippen LogP contribution in [0.15, 0.2) is 53.3 Å². The summed E-state index contributed by atoms with van der Waals surface area (Å²) < 4.78 is 7.57. The van der Waals surface area contributed by atoms with Crippen LogP contribution in [0.3, 0.4) is 0 Å². The lowest BCUT2D eigenvalue weighted by atomic mass is 10.1. The van der Waals surface area contributed by atoms with Crippen molar-refractivity contribution in [3.05, 3.63) is 64.7 Å². The van der Waals surface area contributed by atoms with Crippen LogP contribution >= 0.6 is 0 Å². The minimum atomic E-state index is -0.102. The highest BCUT2D eigenvalue weighted by Crippen LogP contribution is 2.32. The highest BCUT2D eigenvalue weighted by molar-refractivity contribution is 5.81. The van der Waals surface area contributed by atoms with Gasteiger partial charge in [0.2, 0.25) is 5.91 Å². The van der Waals surface area contributed by atoms with Gasteiger partial charge in [0.1, 0.15) is 11.6 Å². The summed E-state index contributed by atoms with van der Waals surface area (Å²) in [7, 11) is 0. The molecule has 7 heteroatoms. The van der Waals surface area contributed by atoms with Crippen molar-refractivity contribution in [2.45, 2.75) is 32.7 Å². The number of hydrogen-bond donors (Lipinski definition) is 0. The molecular weight excluding hydrogens is 416 g/mol. The summed E-state index contributed by atoms with van der Waals surface area (Å²) in [5.41, 5.74) is 1.29. The number of rotatable bonds is 6. The first kappa shape index (κ1) is 21.6. The molecule has 3 aromatic rings. The number of carbonyl (C=O) groups excluding carboxylic acids is 1. The Labute approximate surface area is 193 Å². The lowest BCUT2D eigenvalue weighted by Gasteiger charge is -2.38. The molecule has 1 aliphatic heterocycles. The third-order valence-corrected chi connectivity index (χ3v) is 6.68. The second-order valence-corrected chi connectivity index (χ2v) is 8.84. The van der Waals surface area contributed by atoms with Crippen LogP contribution in [0.5, 0.6) is 5.75 Å². The molecule has 1 saturated carbocycles. The number of carbonyl (C=O) groups is 1. The minimum absolute atomic E-state index is 0.0999. The number of nitrogens with zero attached hydrogens (tertiary/aromatic N) is 4. The van der Waals surface area contributed by atoms with E-state index in [1.807, 2.05) is 60.4 Å². The van der Waals surface area contributed by atoms with E-state index in [9.17, 15) is 9.59 Å². The van der Waals surface area contributed by atoms with E-state index in [4.69, 9.17) is 9.72 Å². The third-order valence-electron chi connectivity index (χ3n) is 6.68. The lowest BCUT2D eigenvalue weighted by Crippen LogP contribution is -2.50. The minimum Gasteiger partial charge on any atom is -0.492 e. The van der Waals surface area contributed by atoms with Gasteiger partial charge in [-0.3, -0.25) is 19.1 Å². The first-order valence-electron chi connectivity index (χ1n) is 11.8. The van der Waals surface area contributed by atoms with Gasteiger partial charge in [0.15, 0.2) is 0 Å². The molecule has 7 nitrogen and oxygen atoms in total. The summed E-state index contributed by atoms with van der Waals surface area (Å²) in [4.78, 5) is 35.5. The van der Waals surface area contributed by atoms with Gasteiger partial charge < -0.3 is 9.64 Å². The zero-order valence-electron chi connectivity index (χ0n) is 19.2. The zero-order valence-corrected chi connectivity index (χ0v) is 19.2. The summed E-state index contributed by atoms with van der Waals surface area (Å²) in [5.74, 6) is 1.89. The Hall–Kier alpha value is -3.19. The molecule has 2 aliphatic rings. The maximum atomic E-state index is 13.7. The van der Waals surface area contributed by atoms with Crippen LogP contribution in [0, 0.1) is 5.92 Å². The number of piperazine rings is 1. The molecule has 1 saturated heterocycles. The number of aromatic nitrogens is 2. The number of ether oxygens (including phenoxy) is 1. The number of benzene rings is 2. The first-order chi connectivity index (χ1) is 16.1. The highest BCUT2D eigenvalue weighted by atomic mass is 16.5. The van der Waals surface area contributed by atoms with E-state index in [0.717, 1.165) is 25.9 Å². The summed E-state index contributed by atoms with van der Waals surface area (Å²) in [5, 5.41) is 0.583. The zero-order chi connectivity index (χ0) is 22.9. The molecule has 1 amide bonds. The quantitative estimate of drug-likeness (QED) is 0.581. The van der Waals surface area contributed by atoms with Crippen LogP contribution in [0.1, 0.15) is 38.6 Å². The Bertz CT molecular complexity index is 1230. The Kier molecular flexibility index (Phi) is 5.89. The van der Waals surface area contributed by atoms with Gasteiger partial charge in [-0.05, 0) is 51.0 Å². The fraction of sp³-hybridized carbons (Fsp3) is 0.423. The smallest absolute Gasteiger partial charge is 0.266 e. The van der Waals surface area contributed by atoms with Crippen molar-refractivity contribution < 1.29 is 9.53 Å². The monoisotopic (exact) mass is 446 g/mol. The molecule has 0 spiro atoms. The molecule has 1 aliphatic carbocycles. The van der Waals surface area contributed by atoms with Crippen LogP contribution in [-0.4, -0.2) is 58.0 Å². The highest BCUT2D eigenvalue weighted by Gasteiger charge is 2.35. The second kappa shape index (κ2) is 8.98. The molecule has 172 valence electrons. The molecule has 2 fully saturated rings. The molecular formula is C26H30N4O3. The summed E-state index contributed by atoms with van der Waals surface area (Å²) in [6, 6.07) is 15.0. The van der Waals surface area contributed by atoms with Crippen LogP contribution in [-0.2, 0) is 4.79 Å². The summed E-state index contributed by atoms with van der Waals surface area (Å²) in [6.07, 6.45) is 2.06. The Morgan fingerprint density at radius 2 is 1.76 bits per heavy atom. The Morgan fingerprint density at radius 1 is 1.06 bits per heavy atom. The largest absolute Gasteiger partial charge is 0.492 e. The van der Waals surface area contributed by atoms with Gasteiger partial charge >= 0.3 is 0 Å². The fourth-order valence-corrected chi connectivity index (χ4v) is 4.66. The van der Waals surface area contributed by atoms with Crippen LogP contribution < -0.4 is 10.3 Å². The van der Waals surface area contributed by atoms with E-state index in [0.29, 0.717) is 53.8 Å². The van der Waals surface area contributed by atoms with Gasteiger partial charge in [-0.2, -0.15) is 0 Å². The van der Waals surface area contributed by atoms with Crippen molar-refractivity contribution in [1.29, 1.82) is 0 Å². The van der Waals surface area contributed by atoms with Gasteiger partial charge in [0.05, 0.1) is 29.2 Å². The van der Waals surface area contributed by atoms with Gasteiger partial charge in [0.25, 0.3) is 5.56 Å². The summed E-state index contributed by atoms with van der Waals surface area (Å²) >= 11 is 0. The van der Waals surface area contributed by atoms with E-state index >= 15 is 0 Å². The van der Waals surface area contributed by atoms with E-state index in [1.165, 1.54) is 0 Å². The van der Waals surface area contributed by atoms with Gasteiger partial charge in [0, 0.05) is 32.1 Å². The predicted octanol–water partition coefficient (Wildman–Crippen LogP) is 3.40. The number of para-hydroxylation sites is 3. The maximum Gasteiger partial charge on any atom is 0.266 e. The molecule has 1 atom stereocenters. The van der Waals surface area contributed by atoms with E-state index in [1.54, 1.807) is 4.57 Å². The average molecular weight is 447 g/mol. The molecule has 33 heavy (non-hydrogen) atoms. The van der Waals surface area contributed by atoms with Gasteiger partial charge in [-0.25, -0.2) is 4.98 Å². The molecule has 1 aromatic heterocycles. The Morgan fingerprint density at radius 3 is 2.48 bits per heavy atom. The molecule has 5 rings (SSSR count). The normalized spacial score (nSPS) is 17.8. The molecule has 1 unspecified atom stereocenters. The van der Waals surface area contributed by atoms with Crippen molar-refractivity contribution in [2.75, 3.05) is 32.8 Å². The SMILES string of the molecule is CCOc1ccccc1-n1c(C(C)N2CCN(C(=O)C3CC3)CC2)nc2ccccc2c1=O. The fourth-order valence-electron chi connectivity index (χ4n) is 4.66. The summed E-state index contributed by atoms with van der Waals surface area (Å²) in [6.45, 7) is 7.48. The average Bonchev–Trinajstić information content (AvgIpc) is 3.70. The van der Waals surface area contributed by atoms with E-state index in [2.05, 4.69) is 11.8 Å². The number of hydrogen-bond acceptors (Lipinski definition) is 5. The molecule has 0 N–H and O–H groups in total. The Balaban J connectivity index is 1.54. The standard InChI is InChI=1S/C26H30N4O3/c1-3-33-23-11-7-6-10-22(23)30-24(27-21-9-5-4-8-20(21)26(30)32)18(2)28-14-16-29(17-15-28)25(31)19-12-13-19/h4-11,18-19H,3,12-17H2,1-2H3. The van der Waals surface area contributed by atoms with Crippen molar-refractivity contribution in [3.63, 3.8) is 0 Å². The topological polar surface area (TPSA) is 67.7 Å². The number of fused-ring (bicyclic) bond motifs is 1. The van der Waals surface area contributed by atoms with Crippen LogP contribution in [0.25, 0.3) is 16.6 Å². The van der Waals surface area contributed by atoms with Crippen molar-refractivity contribution in [1.82, 2.24) is 19.4 Å². The molecule has 0 bridgehead atoms. The van der Waals surface area contributed by atoms with Crippen LogP contribution in [0.4, 0.5) is 0 Å².